The van der Waals surface area contributed by atoms with Gasteiger partial charge in [-0.1, -0.05) is 24.3 Å². The van der Waals surface area contributed by atoms with Crippen molar-refractivity contribution in [2.75, 3.05) is 26.3 Å². The maximum atomic E-state index is 6.18. The van der Waals surface area contributed by atoms with Crippen LogP contribution in [0.2, 0.25) is 0 Å². The summed E-state index contributed by atoms with van der Waals surface area (Å²) in [5.41, 5.74) is 2.68. The van der Waals surface area contributed by atoms with Crippen molar-refractivity contribution in [1.29, 1.82) is 0 Å². The fourth-order valence-electron chi connectivity index (χ4n) is 3.04. The van der Waals surface area contributed by atoms with Crippen molar-refractivity contribution in [3.05, 3.63) is 35.4 Å². The monoisotopic (exact) mass is 261 g/mol. The quantitative estimate of drug-likeness (QED) is 0.906. The zero-order chi connectivity index (χ0) is 13.1. The van der Waals surface area contributed by atoms with Crippen LogP contribution in [0.15, 0.2) is 24.3 Å². The van der Waals surface area contributed by atoms with E-state index in [1.807, 2.05) is 0 Å². The van der Waals surface area contributed by atoms with Crippen LogP contribution in [0.5, 0.6) is 0 Å². The van der Waals surface area contributed by atoms with Crippen LogP contribution in [-0.2, 0) is 15.9 Å². The Morgan fingerprint density at radius 3 is 3.16 bits per heavy atom. The first-order valence-electron chi connectivity index (χ1n) is 7.31. The van der Waals surface area contributed by atoms with E-state index in [4.69, 9.17) is 9.47 Å². The molecule has 3 heteroatoms. The van der Waals surface area contributed by atoms with Crippen molar-refractivity contribution >= 4 is 0 Å². The van der Waals surface area contributed by atoms with E-state index in [1.54, 1.807) is 0 Å². The third kappa shape index (κ3) is 2.99. The molecule has 2 heterocycles. The molecular formula is C16H23NO2. The predicted molar refractivity (Wildman–Crippen MR) is 75.3 cm³/mol. The van der Waals surface area contributed by atoms with E-state index < -0.39 is 0 Å². The highest BCUT2D eigenvalue weighted by molar-refractivity contribution is 5.30. The molecule has 19 heavy (non-hydrogen) atoms. The van der Waals surface area contributed by atoms with Crippen LogP contribution < -0.4 is 5.32 Å². The molecule has 0 spiro atoms. The summed E-state index contributed by atoms with van der Waals surface area (Å²) in [5, 5.41) is 3.42. The highest BCUT2D eigenvalue weighted by atomic mass is 16.5. The van der Waals surface area contributed by atoms with Gasteiger partial charge < -0.3 is 14.8 Å². The molecule has 0 bridgehead atoms. The summed E-state index contributed by atoms with van der Waals surface area (Å²) < 4.78 is 12.1. The third-order valence-electron chi connectivity index (χ3n) is 4.23. The van der Waals surface area contributed by atoms with E-state index in [-0.39, 0.29) is 11.7 Å². The van der Waals surface area contributed by atoms with Gasteiger partial charge in [0.1, 0.15) is 6.10 Å². The van der Waals surface area contributed by atoms with E-state index in [1.165, 1.54) is 17.5 Å². The molecule has 104 valence electrons. The number of benzene rings is 1. The van der Waals surface area contributed by atoms with Gasteiger partial charge in [-0.2, -0.15) is 0 Å². The van der Waals surface area contributed by atoms with Crippen LogP contribution in [-0.4, -0.2) is 31.9 Å². The predicted octanol–water partition coefficient (Wildman–Crippen LogP) is 2.46. The summed E-state index contributed by atoms with van der Waals surface area (Å²) in [4.78, 5) is 0. The molecule has 3 rings (SSSR count). The summed E-state index contributed by atoms with van der Waals surface area (Å²) in [6.45, 7) is 5.73. The SMILES string of the molecule is CC1(OCC2OCCc3ccccc32)CCCNC1. The Labute approximate surface area is 115 Å². The van der Waals surface area contributed by atoms with E-state index in [9.17, 15) is 0 Å². The number of ether oxygens (including phenoxy) is 2. The van der Waals surface area contributed by atoms with Crippen LogP contribution in [0.4, 0.5) is 0 Å². The zero-order valence-electron chi connectivity index (χ0n) is 11.7. The van der Waals surface area contributed by atoms with Crippen LogP contribution in [0, 0.1) is 0 Å². The van der Waals surface area contributed by atoms with Crippen LogP contribution in [0.1, 0.15) is 37.0 Å². The van der Waals surface area contributed by atoms with Crippen LogP contribution >= 0.6 is 0 Å². The fraction of sp³-hybridized carbons (Fsp3) is 0.625. The minimum absolute atomic E-state index is 0.0337. The van der Waals surface area contributed by atoms with Crippen molar-refractivity contribution in [2.45, 2.75) is 37.9 Å². The largest absolute Gasteiger partial charge is 0.371 e. The van der Waals surface area contributed by atoms with E-state index >= 15 is 0 Å². The average Bonchev–Trinajstić information content (AvgIpc) is 2.46. The van der Waals surface area contributed by atoms with Gasteiger partial charge in [-0.25, -0.2) is 0 Å². The molecule has 0 saturated carbocycles. The molecule has 2 atom stereocenters. The highest BCUT2D eigenvalue weighted by Gasteiger charge is 2.30. The van der Waals surface area contributed by atoms with Gasteiger partial charge in [-0.3, -0.25) is 0 Å². The van der Waals surface area contributed by atoms with Crippen molar-refractivity contribution in [3.8, 4) is 0 Å². The number of hydrogen-bond donors (Lipinski definition) is 1. The van der Waals surface area contributed by atoms with Crippen LogP contribution in [0.3, 0.4) is 0 Å². The molecule has 2 aliphatic heterocycles. The summed E-state index contributed by atoms with van der Waals surface area (Å²) in [5.74, 6) is 0. The Hall–Kier alpha value is -0.900. The van der Waals surface area contributed by atoms with Gasteiger partial charge in [0.15, 0.2) is 0 Å². The lowest BCUT2D eigenvalue weighted by molar-refractivity contribution is -0.101. The van der Waals surface area contributed by atoms with Gasteiger partial charge in [0.05, 0.1) is 18.8 Å². The molecular weight excluding hydrogens is 238 g/mol. The Morgan fingerprint density at radius 2 is 2.32 bits per heavy atom. The van der Waals surface area contributed by atoms with Crippen molar-refractivity contribution < 1.29 is 9.47 Å². The Kier molecular flexibility index (Phi) is 3.87. The number of rotatable bonds is 3. The number of hydrogen-bond acceptors (Lipinski definition) is 3. The summed E-state index contributed by atoms with van der Waals surface area (Å²) >= 11 is 0. The van der Waals surface area contributed by atoms with E-state index in [0.717, 1.165) is 32.5 Å². The Balaban J connectivity index is 1.64. The average molecular weight is 261 g/mol. The standard InChI is InChI=1S/C16H23NO2/c1-16(8-4-9-17-12-16)19-11-15-14-6-3-2-5-13(14)7-10-18-15/h2-3,5-6,15,17H,4,7-12H2,1H3. The lowest BCUT2D eigenvalue weighted by Gasteiger charge is -2.36. The molecule has 0 aromatic heterocycles. The van der Waals surface area contributed by atoms with Gasteiger partial charge >= 0.3 is 0 Å². The van der Waals surface area contributed by atoms with Crippen molar-refractivity contribution in [1.82, 2.24) is 5.32 Å². The first kappa shape index (κ1) is 13.1. The topological polar surface area (TPSA) is 30.5 Å². The third-order valence-corrected chi connectivity index (χ3v) is 4.23. The Morgan fingerprint density at radius 1 is 1.42 bits per heavy atom. The van der Waals surface area contributed by atoms with Gasteiger partial charge in [-0.05, 0) is 43.9 Å². The lowest BCUT2D eigenvalue weighted by Crippen LogP contribution is -2.46. The smallest absolute Gasteiger partial charge is 0.106 e. The van der Waals surface area contributed by atoms with Gasteiger partial charge in [-0.15, -0.1) is 0 Å². The molecule has 0 aliphatic carbocycles. The second-order valence-corrected chi connectivity index (χ2v) is 5.85. The molecule has 1 N–H and O–H groups in total. The maximum absolute atomic E-state index is 6.18. The molecule has 2 unspecified atom stereocenters. The molecule has 1 saturated heterocycles. The van der Waals surface area contributed by atoms with Crippen LogP contribution in [0.25, 0.3) is 0 Å². The summed E-state index contributed by atoms with van der Waals surface area (Å²) in [6, 6.07) is 8.57. The molecule has 2 aliphatic rings. The van der Waals surface area contributed by atoms with Gasteiger partial charge in [0.25, 0.3) is 0 Å². The maximum Gasteiger partial charge on any atom is 0.106 e. The normalized spacial score (nSPS) is 30.9. The van der Waals surface area contributed by atoms with Crippen molar-refractivity contribution in [3.63, 3.8) is 0 Å². The summed E-state index contributed by atoms with van der Waals surface area (Å²) in [7, 11) is 0. The van der Waals surface area contributed by atoms with Crippen molar-refractivity contribution in [2.24, 2.45) is 0 Å². The molecule has 0 radical (unpaired) electrons. The lowest BCUT2D eigenvalue weighted by atomic mass is 9.95. The Bertz CT molecular complexity index is 427. The second-order valence-electron chi connectivity index (χ2n) is 5.85. The number of piperidine rings is 1. The first-order valence-corrected chi connectivity index (χ1v) is 7.31. The van der Waals surface area contributed by atoms with E-state index in [2.05, 4.69) is 36.5 Å². The molecule has 0 amide bonds. The number of nitrogens with one attached hydrogen (secondary N) is 1. The van der Waals surface area contributed by atoms with Gasteiger partial charge in [0.2, 0.25) is 0 Å². The fourth-order valence-corrected chi connectivity index (χ4v) is 3.04. The molecule has 1 fully saturated rings. The molecule has 3 nitrogen and oxygen atoms in total. The zero-order valence-corrected chi connectivity index (χ0v) is 11.7. The molecule has 1 aromatic carbocycles. The van der Waals surface area contributed by atoms with E-state index in [0.29, 0.717) is 6.61 Å². The first-order chi connectivity index (χ1) is 9.27. The second kappa shape index (κ2) is 5.61. The minimum Gasteiger partial charge on any atom is -0.371 e. The summed E-state index contributed by atoms with van der Waals surface area (Å²) in [6.07, 6.45) is 3.45. The number of fused-ring (bicyclic) bond motifs is 1. The minimum atomic E-state index is -0.0337. The van der Waals surface area contributed by atoms with Gasteiger partial charge in [0, 0.05) is 6.54 Å². The molecule has 1 aromatic rings. The highest BCUT2D eigenvalue weighted by Crippen LogP contribution is 2.29.